The zero-order chi connectivity index (χ0) is 23.1. The highest BCUT2D eigenvalue weighted by Crippen LogP contribution is 2.40. The van der Waals surface area contributed by atoms with Crippen LogP contribution in [-0.2, 0) is 6.54 Å². The van der Waals surface area contributed by atoms with E-state index in [0.717, 1.165) is 30.9 Å². The number of carbonyl (C=O) groups excluding carboxylic acids is 1. The first-order valence-corrected chi connectivity index (χ1v) is 12.9. The Balaban J connectivity index is 1.43. The quantitative estimate of drug-likeness (QED) is 0.354. The van der Waals surface area contributed by atoms with E-state index in [-0.39, 0.29) is 11.9 Å². The van der Waals surface area contributed by atoms with Gasteiger partial charge in [-0.1, -0.05) is 36.4 Å². The Morgan fingerprint density at radius 3 is 2.55 bits per heavy atom. The molecule has 4 nitrogen and oxygen atoms in total. The summed E-state index contributed by atoms with van der Waals surface area (Å²) < 4.78 is 3.60. The van der Waals surface area contributed by atoms with Crippen LogP contribution in [0.25, 0.3) is 21.0 Å². The van der Waals surface area contributed by atoms with E-state index >= 15 is 0 Å². The van der Waals surface area contributed by atoms with Crippen LogP contribution in [0, 0.1) is 0 Å². The van der Waals surface area contributed by atoms with Gasteiger partial charge >= 0.3 is 0 Å². The summed E-state index contributed by atoms with van der Waals surface area (Å²) in [6.07, 6.45) is 3.43. The largest absolute Gasteiger partial charge is 0.349 e. The molecule has 0 radical (unpaired) electrons. The Bertz CT molecular complexity index is 1300. The molecule has 33 heavy (non-hydrogen) atoms. The molecule has 5 rings (SSSR count). The lowest BCUT2D eigenvalue weighted by Crippen LogP contribution is -2.30. The van der Waals surface area contributed by atoms with Gasteiger partial charge in [0, 0.05) is 52.9 Å². The fraction of sp³-hybridized carbons (Fsp3) is 0.393. The van der Waals surface area contributed by atoms with Crippen molar-refractivity contribution < 1.29 is 4.79 Å². The van der Waals surface area contributed by atoms with Gasteiger partial charge in [-0.3, -0.25) is 9.69 Å². The monoisotopic (exact) mass is 459 g/mol. The first-order valence-electron chi connectivity index (χ1n) is 12.1. The first-order chi connectivity index (χ1) is 15.9. The zero-order valence-electron chi connectivity index (χ0n) is 20.0. The minimum absolute atomic E-state index is 0.0691. The number of carbonyl (C=O) groups is 1. The normalized spacial score (nSPS) is 17.1. The molecule has 0 saturated carbocycles. The van der Waals surface area contributed by atoms with Crippen molar-refractivity contribution in [2.24, 2.45) is 0 Å². The number of hydrogen-bond donors (Lipinski definition) is 1. The number of nitrogens with zero attached hydrogens (tertiary/aromatic N) is 2. The summed E-state index contributed by atoms with van der Waals surface area (Å²) >= 11 is 1.64. The molecule has 1 N–H and O–H groups in total. The van der Waals surface area contributed by atoms with Gasteiger partial charge in [-0.25, -0.2) is 0 Å². The lowest BCUT2D eigenvalue weighted by atomic mass is 9.95. The Morgan fingerprint density at radius 2 is 1.79 bits per heavy atom. The summed E-state index contributed by atoms with van der Waals surface area (Å²) in [6.45, 7) is 11.5. The molecule has 2 aromatic carbocycles. The van der Waals surface area contributed by atoms with Crippen molar-refractivity contribution in [2.75, 3.05) is 13.1 Å². The predicted molar refractivity (Wildman–Crippen MR) is 139 cm³/mol. The number of benzene rings is 2. The number of amides is 1. The predicted octanol–water partition coefficient (Wildman–Crippen LogP) is 6.56. The topological polar surface area (TPSA) is 37.3 Å². The first kappa shape index (κ1) is 22.2. The molecule has 4 aromatic rings. The van der Waals surface area contributed by atoms with Crippen molar-refractivity contribution >= 4 is 38.2 Å². The lowest BCUT2D eigenvalue weighted by molar-refractivity contribution is 0.0946. The molecular weight excluding hydrogens is 426 g/mol. The maximum atomic E-state index is 13.1. The van der Waals surface area contributed by atoms with E-state index in [1.165, 1.54) is 32.1 Å². The van der Waals surface area contributed by atoms with Crippen molar-refractivity contribution in [3.05, 3.63) is 70.7 Å². The maximum Gasteiger partial charge on any atom is 0.261 e. The number of para-hydroxylation sites is 1. The smallest absolute Gasteiger partial charge is 0.261 e. The molecule has 1 saturated heterocycles. The highest BCUT2D eigenvalue weighted by Gasteiger charge is 2.31. The van der Waals surface area contributed by atoms with E-state index in [2.05, 4.69) is 83.4 Å². The van der Waals surface area contributed by atoms with Crippen molar-refractivity contribution in [3.63, 3.8) is 0 Å². The van der Waals surface area contributed by atoms with E-state index in [1.807, 2.05) is 13.8 Å². The highest BCUT2D eigenvalue weighted by molar-refractivity contribution is 7.21. The molecule has 1 aliphatic rings. The molecule has 3 heterocycles. The maximum absolute atomic E-state index is 13.1. The Morgan fingerprint density at radius 1 is 1.06 bits per heavy atom. The fourth-order valence-corrected chi connectivity index (χ4v) is 6.44. The van der Waals surface area contributed by atoms with Crippen LogP contribution in [-0.4, -0.2) is 34.5 Å². The molecular formula is C28H33N3OS. The molecule has 172 valence electrons. The van der Waals surface area contributed by atoms with E-state index in [1.54, 1.807) is 11.3 Å². The van der Waals surface area contributed by atoms with Crippen molar-refractivity contribution in [3.8, 4) is 0 Å². The number of nitrogens with one attached hydrogen (secondary N) is 1. The van der Waals surface area contributed by atoms with Crippen LogP contribution in [0.1, 0.15) is 66.9 Å². The van der Waals surface area contributed by atoms with Crippen LogP contribution in [0.3, 0.4) is 0 Å². The summed E-state index contributed by atoms with van der Waals surface area (Å²) in [6, 6.07) is 17.8. The molecule has 2 aromatic heterocycles. The summed E-state index contributed by atoms with van der Waals surface area (Å²) in [5.41, 5.74) is 3.96. The minimum atomic E-state index is 0.0691. The SMILES string of the molecule is CC(C)NC(=O)c1sc2ccccc2c1[C@H]1CCN(Cc2cn(C(C)C)c3ccccc23)C1. The lowest BCUT2D eigenvalue weighted by Gasteiger charge is -2.17. The van der Waals surface area contributed by atoms with Gasteiger partial charge in [-0.2, -0.15) is 0 Å². The third-order valence-corrected chi connectivity index (χ3v) is 7.90. The van der Waals surface area contributed by atoms with Crippen molar-refractivity contribution in [1.29, 1.82) is 0 Å². The molecule has 0 aliphatic carbocycles. The molecule has 1 fully saturated rings. The van der Waals surface area contributed by atoms with E-state index < -0.39 is 0 Å². The Hall–Kier alpha value is -2.63. The van der Waals surface area contributed by atoms with Gasteiger partial charge < -0.3 is 9.88 Å². The number of thiophene rings is 1. The summed E-state index contributed by atoms with van der Waals surface area (Å²) in [4.78, 5) is 16.5. The van der Waals surface area contributed by atoms with Gasteiger partial charge in [0.2, 0.25) is 0 Å². The van der Waals surface area contributed by atoms with Gasteiger partial charge in [0.1, 0.15) is 0 Å². The van der Waals surface area contributed by atoms with Gasteiger partial charge in [-0.05, 0) is 69.3 Å². The number of rotatable bonds is 6. The third-order valence-electron chi connectivity index (χ3n) is 6.71. The second kappa shape index (κ2) is 8.96. The van der Waals surface area contributed by atoms with Gasteiger partial charge in [0.15, 0.2) is 0 Å². The zero-order valence-corrected chi connectivity index (χ0v) is 20.8. The average Bonchev–Trinajstić information content (AvgIpc) is 3.49. The molecule has 5 heteroatoms. The molecule has 0 bridgehead atoms. The molecule has 1 atom stereocenters. The third kappa shape index (κ3) is 4.20. The van der Waals surface area contributed by atoms with Crippen LogP contribution in [0.15, 0.2) is 54.7 Å². The highest BCUT2D eigenvalue weighted by atomic mass is 32.1. The number of hydrogen-bond acceptors (Lipinski definition) is 3. The standard InChI is InChI=1S/C28H33N3OS/c1-18(2)29-28(32)27-26(23-10-6-8-12-25(23)33-27)20-13-14-30(15-20)16-21-17-31(19(3)4)24-11-7-5-9-22(21)24/h5-12,17-20H,13-16H2,1-4H3,(H,29,32)/t20-/m0/s1. The molecule has 0 spiro atoms. The Labute approximate surface area is 200 Å². The van der Waals surface area contributed by atoms with Crippen molar-refractivity contribution in [1.82, 2.24) is 14.8 Å². The minimum Gasteiger partial charge on any atom is -0.349 e. The molecule has 1 aliphatic heterocycles. The van der Waals surface area contributed by atoms with Crippen LogP contribution in [0.4, 0.5) is 0 Å². The van der Waals surface area contributed by atoms with Gasteiger partial charge in [0.25, 0.3) is 5.91 Å². The summed E-state index contributed by atoms with van der Waals surface area (Å²) in [5.74, 6) is 0.451. The van der Waals surface area contributed by atoms with E-state index in [9.17, 15) is 4.79 Å². The summed E-state index contributed by atoms with van der Waals surface area (Å²) in [7, 11) is 0. The number of fused-ring (bicyclic) bond motifs is 2. The number of likely N-dealkylation sites (tertiary alicyclic amines) is 1. The summed E-state index contributed by atoms with van der Waals surface area (Å²) in [5, 5.41) is 5.73. The molecule has 1 amide bonds. The van der Waals surface area contributed by atoms with Crippen LogP contribution >= 0.6 is 11.3 Å². The van der Waals surface area contributed by atoms with Gasteiger partial charge in [-0.15, -0.1) is 11.3 Å². The molecule has 0 unspecified atom stereocenters. The van der Waals surface area contributed by atoms with E-state index in [4.69, 9.17) is 0 Å². The van der Waals surface area contributed by atoms with Crippen LogP contribution in [0.5, 0.6) is 0 Å². The van der Waals surface area contributed by atoms with Crippen molar-refractivity contribution in [2.45, 2.75) is 58.7 Å². The van der Waals surface area contributed by atoms with E-state index in [0.29, 0.717) is 12.0 Å². The second-order valence-electron chi connectivity index (χ2n) is 9.86. The second-order valence-corrected chi connectivity index (χ2v) is 10.9. The van der Waals surface area contributed by atoms with Gasteiger partial charge in [0.05, 0.1) is 4.88 Å². The Kier molecular flexibility index (Phi) is 6.02. The fourth-order valence-electron chi connectivity index (χ4n) is 5.25. The van der Waals surface area contributed by atoms with Crippen LogP contribution < -0.4 is 5.32 Å². The van der Waals surface area contributed by atoms with Crippen LogP contribution in [0.2, 0.25) is 0 Å². The number of aromatic nitrogens is 1. The average molecular weight is 460 g/mol.